The Morgan fingerprint density at radius 3 is 2.49 bits per heavy atom. The highest BCUT2D eigenvalue weighted by Gasteiger charge is 2.33. The predicted octanol–water partition coefficient (Wildman–Crippen LogP) is 3.30. The standard InChI is InChI=1S/C23H24ClN3O7S3/c1-3-34-22(30)15-4-5-16-17(12-15)35-23(27(16)13-19(28)33-2)25-21(29)14-8-10-26(11-9-14)37(31,32)20-7-6-18(24)36-20/h4-7,12,14H,3,8-11,13H2,1-2H3. The molecule has 1 aliphatic rings. The van der Waals surface area contributed by atoms with E-state index in [0.717, 1.165) is 11.3 Å². The van der Waals surface area contributed by atoms with Gasteiger partial charge >= 0.3 is 11.9 Å². The summed E-state index contributed by atoms with van der Waals surface area (Å²) in [5, 5.41) is 0. The Bertz CT molecular complexity index is 1520. The molecule has 0 N–H and O–H groups in total. The highest BCUT2D eigenvalue weighted by atomic mass is 35.5. The van der Waals surface area contributed by atoms with Crippen molar-refractivity contribution < 1.29 is 32.3 Å². The second-order valence-corrected chi connectivity index (χ2v) is 13.0. The maximum Gasteiger partial charge on any atom is 0.338 e. The van der Waals surface area contributed by atoms with Crippen LogP contribution in [0, 0.1) is 5.92 Å². The number of carbonyl (C=O) groups excluding carboxylic acids is 3. The van der Waals surface area contributed by atoms with Gasteiger partial charge in [0.15, 0.2) is 4.80 Å². The Morgan fingerprint density at radius 1 is 1.14 bits per heavy atom. The number of fused-ring (bicyclic) bond motifs is 1. The lowest BCUT2D eigenvalue weighted by Crippen LogP contribution is -2.40. The summed E-state index contributed by atoms with van der Waals surface area (Å²) in [6, 6.07) is 7.91. The van der Waals surface area contributed by atoms with Gasteiger partial charge in [-0.25, -0.2) is 13.2 Å². The Labute approximate surface area is 226 Å². The molecule has 198 valence electrons. The van der Waals surface area contributed by atoms with Gasteiger partial charge in [-0.15, -0.1) is 11.3 Å². The minimum absolute atomic E-state index is 0.165. The van der Waals surface area contributed by atoms with Crippen molar-refractivity contribution in [2.24, 2.45) is 10.9 Å². The van der Waals surface area contributed by atoms with Crippen LogP contribution in [0.1, 0.15) is 30.1 Å². The van der Waals surface area contributed by atoms with Gasteiger partial charge in [0.1, 0.15) is 10.8 Å². The number of benzene rings is 1. The number of ether oxygens (including phenoxy) is 2. The fourth-order valence-electron chi connectivity index (χ4n) is 3.94. The molecule has 1 saturated heterocycles. The number of methoxy groups -OCH3 is 1. The Balaban J connectivity index is 1.58. The van der Waals surface area contributed by atoms with Gasteiger partial charge in [-0.1, -0.05) is 22.9 Å². The number of hydrogen-bond acceptors (Lipinski definition) is 9. The topological polar surface area (TPSA) is 124 Å². The van der Waals surface area contributed by atoms with E-state index in [1.54, 1.807) is 35.8 Å². The summed E-state index contributed by atoms with van der Waals surface area (Å²) in [5.41, 5.74) is 0.963. The summed E-state index contributed by atoms with van der Waals surface area (Å²) in [4.78, 5) is 41.9. The minimum Gasteiger partial charge on any atom is -0.468 e. The lowest BCUT2D eigenvalue weighted by molar-refractivity contribution is -0.141. The average Bonchev–Trinajstić information content (AvgIpc) is 3.47. The molecule has 0 aliphatic carbocycles. The first kappa shape index (κ1) is 27.5. The summed E-state index contributed by atoms with van der Waals surface area (Å²) < 4.78 is 39.7. The van der Waals surface area contributed by atoms with Crippen LogP contribution in [0.25, 0.3) is 10.2 Å². The van der Waals surface area contributed by atoms with Gasteiger partial charge in [-0.05, 0) is 50.1 Å². The minimum atomic E-state index is -3.67. The normalized spacial score (nSPS) is 15.7. The number of thiazole rings is 1. The molecule has 0 unspecified atom stereocenters. The number of esters is 2. The molecule has 0 radical (unpaired) electrons. The van der Waals surface area contributed by atoms with E-state index >= 15 is 0 Å². The predicted molar refractivity (Wildman–Crippen MR) is 139 cm³/mol. The van der Waals surface area contributed by atoms with E-state index in [1.165, 1.54) is 28.8 Å². The zero-order valence-corrected chi connectivity index (χ0v) is 23.2. The van der Waals surface area contributed by atoms with Crippen LogP contribution in [-0.2, 0) is 35.6 Å². The van der Waals surface area contributed by atoms with E-state index < -0.39 is 33.8 Å². The quantitative estimate of drug-likeness (QED) is 0.390. The van der Waals surface area contributed by atoms with Crippen LogP contribution < -0.4 is 4.80 Å². The molecule has 1 aromatic carbocycles. The first-order valence-corrected chi connectivity index (χ1v) is 14.8. The molecule has 0 bridgehead atoms. The van der Waals surface area contributed by atoms with E-state index in [2.05, 4.69) is 4.99 Å². The molecule has 3 aromatic rings. The van der Waals surface area contributed by atoms with Crippen LogP contribution in [0.3, 0.4) is 0 Å². The third kappa shape index (κ3) is 5.96. The van der Waals surface area contributed by atoms with Crippen LogP contribution in [0.2, 0.25) is 4.34 Å². The van der Waals surface area contributed by atoms with Gasteiger partial charge in [-0.2, -0.15) is 9.30 Å². The maximum atomic E-state index is 13.1. The van der Waals surface area contributed by atoms with Crippen LogP contribution in [-0.4, -0.2) is 61.9 Å². The molecule has 37 heavy (non-hydrogen) atoms. The average molecular weight is 586 g/mol. The molecule has 4 rings (SSSR count). The first-order valence-electron chi connectivity index (χ1n) is 11.4. The maximum absolute atomic E-state index is 13.1. The molecule has 0 saturated carbocycles. The number of nitrogens with zero attached hydrogens (tertiary/aromatic N) is 3. The number of hydrogen-bond donors (Lipinski definition) is 0. The number of thiophene rings is 1. The third-order valence-electron chi connectivity index (χ3n) is 5.86. The highest BCUT2D eigenvalue weighted by Crippen LogP contribution is 2.31. The van der Waals surface area contributed by atoms with E-state index in [-0.39, 0.29) is 35.3 Å². The fourth-order valence-corrected chi connectivity index (χ4v) is 8.12. The van der Waals surface area contributed by atoms with Crippen LogP contribution in [0.5, 0.6) is 0 Å². The fraction of sp³-hybridized carbons (Fsp3) is 0.391. The smallest absolute Gasteiger partial charge is 0.338 e. The van der Waals surface area contributed by atoms with E-state index in [4.69, 9.17) is 21.1 Å². The molecular formula is C23H24ClN3O7S3. The summed E-state index contributed by atoms with van der Waals surface area (Å²) in [7, 11) is -2.40. The van der Waals surface area contributed by atoms with Crippen molar-refractivity contribution in [3.8, 4) is 0 Å². The van der Waals surface area contributed by atoms with Crippen molar-refractivity contribution >= 4 is 72.4 Å². The van der Waals surface area contributed by atoms with Gasteiger partial charge in [0.2, 0.25) is 0 Å². The van der Waals surface area contributed by atoms with Crippen LogP contribution >= 0.6 is 34.3 Å². The lowest BCUT2D eigenvalue weighted by atomic mass is 9.98. The molecule has 0 atom stereocenters. The Hall–Kier alpha value is -2.58. The van der Waals surface area contributed by atoms with Gasteiger partial charge < -0.3 is 14.0 Å². The molecule has 2 aromatic heterocycles. The molecule has 1 fully saturated rings. The van der Waals surface area contributed by atoms with Crippen molar-refractivity contribution in [3.63, 3.8) is 0 Å². The van der Waals surface area contributed by atoms with Gasteiger partial charge in [0.25, 0.3) is 15.9 Å². The SMILES string of the molecule is CCOC(=O)c1ccc2c(c1)sc(=NC(=O)C1CCN(S(=O)(=O)c3ccc(Cl)s3)CC1)n2CC(=O)OC. The number of aromatic nitrogens is 1. The van der Waals surface area contributed by atoms with Gasteiger partial charge in [0, 0.05) is 19.0 Å². The third-order valence-corrected chi connectivity index (χ3v) is 10.5. The largest absolute Gasteiger partial charge is 0.468 e. The van der Waals surface area contributed by atoms with Crippen LogP contribution in [0.15, 0.2) is 39.5 Å². The van der Waals surface area contributed by atoms with E-state index in [1.807, 2.05) is 0 Å². The van der Waals surface area contributed by atoms with Crippen molar-refractivity contribution in [1.29, 1.82) is 0 Å². The van der Waals surface area contributed by atoms with Gasteiger partial charge in [-0.3, -0.25) is 9.59 Å². The molecule has 1 aliphatic heterocycles. The Kier molecular flexibility index (Phi) is 8.49. The molecule has 3 heterocycles. The van der Waals surface area contributed by atoms with E-state index in [0.29, 0.717) is 33.0 Å². The van der Waals surface area contributed by atoms with Crippen LogP contribution in [0.4, 0.5) is 0 Å². The zero-order valence-electron chi connectivity index (χ0n) is 20.0. The van der Waals surface area contributed by atoms with Crippen molar-refractivity contribution in [1.82, 2.24) is 8.87 Å². The number of rotatable bonds is 7. The Morgan fingerprint density at radius 2 is 1.86 bits per heavy atom. The number of halogens is 1. The molecular weight excluding hydrogens is 562 g/mol. The zero-order chi connectivity index (χ0) is 26.7. The molecule has 1 amide bonds. The molecule has 0 spiro atoms. The summed E-state index contributed by atoms with van der Waals surface area (Å²) in [6.45, 7) is 2.15. The van der Waals surface area contributed by atoms with Crippen molar-refractivity contribution in [2.75, 3.05) is 26.8 Å². The number of sulfonamides is 1. The summed E-state index contributed by atoms with van der Waals surface area (Å²) >= 11 is 8.05. The second kappa shape index (κ2) is 11.4. The molecule has 10 nitrogen and oxygen atoms in total. The first-order chi connectivity index (χ1) is 17.6. The number of carbonyl (C=O) groups is 3. The summed E-state index contributed by atoms with van der Waals surface area (Å²) in [6.07, 6.45) is 0.630. The molecule has 14 heteroatoms. The second-order valence-electron chi connectivity index (χ2n) is 8.14. The number of piperidine rings is 1. The number of amides is 1. The highest BCUT2D eigenvalue weighted by molar-refractivity contribution is 7.91. The van der Waals surface area contributed by atoms with Gasteiger partial charge in [0.05, 0.1) is 33.8 Å². The lowest BCUT2D eigenvalue weighted by Gasteiger charge is -2.29. The van der Waals surface area contributed by atoms with E-state index in [9.17, 15) is 22.8 Å². The van der Waals surface area contributed by atoms with Crippen molar-refractivity contribution in [3.05, 3.63) is 45.0 Å². The van der Waals surface area contributed by atoms with Crippen molar-refractivity contribution in [2.45, 2.75) is 30.5 Å². The monoisotopic (exact) mass is 585 g/mol. The summed E-state index contributed by atoms with van der Waals surface area (Å²) in [5.74, 6) is -1.86.